The van der Waals surface area contributed by atoms with Crippen LogP contribution in [0.15, 0.2) is 48.5 Å². The lowest BCUT2D eigenvalue weighted by Gasteiger charge is -2.30. The second kappa shape index (κ2) is 9.67. The number of benzene rings is 2. The molecule has 0 amide bonds. The van der Waals surface area contributed by atoms with Crippen LogP contribution in [0.1, 0.15) is 22.0 Å². The molecule has 1 fully saturated rings. The maximum atomic E-state index is 13.2. The Morgan fingerprint density at radius 1 is 0.971 bits per heavy atom. The number of nitrogens with zero attached hydrogens (tertiary/aromatic N) is 3. The summed E-state index contributed by atoms with van der Waals surface area (Å²) in [6, 6.07) is 7.73. The molecule has 5 atom stereocenters. The molecule has 1 aliphatic heterocycles. The second-order valence-corrected chi connectivity index (χ2v) is 7.66. The Morgan fingerprint density at radius 2 is 1.46 bits per heavy atom. The van der Waals surface area contributed by atoms with Crippen LogP contribution in [0.25, 0.3) is 0 Å². The van der Waals surface area contributed by atoms with E-state index in [1.54, 1.807) is 0 Å². The van der Waals surface area contributed by atoms with Gasteiger partial charge in [-0.05, 0) is 29.8 Å². The summed E-state index contributed by atoms with van der Waals surface area (Å²) < 4.78 is 5.10. The summed E-state index contributed by atoms with van der Waals surface area (Å²) in [6.45, 7) is 0. The summed E-state index contributed by atoms with van der Waals surface area (Å²) in [5.41, 5.74) is -6.41. The molecule has 16 heteroatoms. The van der Waals surface area contributed by atoms with Crippen molar-refractivity contribution >= 4 is 34.5 Å². The first-order chi connectivity index (χ1) is 16.4. The smallest absolute Gasteiger partial charge is 0.295 e. The number of halogens is 1. The minimum atomic E-state index is -3.14. The predicted octanol–water partition coefficient (Wildman–Crippen LogP) is 1.26. The maximum absolute atomic E-state index is 13.2. The van der Waals surface area contributed by atoms with Crippen molar-refractivity contribution < 1.29 is 44.3 Å². The number of nitro benzene ring substituents is 2. The molecule has 35 heavy (non-hydrogen) atoms. The van der Waals surface area contributed by atoms with Crippen LogP contribution in [0.5, 0.6) is 0 Å². The first kappa shape index (κ1) is 25.6. The zero-order valence-corrected chi connectivity index (χ0v) is 17.9. The average molecular weight is 512 g/mol. The topological polar surface area (TPSA) is 222 Å². The van der Waals surface area contributed by atoms with Crippen molar-refractivity contribution in [2.24, 2.45) is 0 Å². The third-order valence-corrected chi connectivity index (χ3v) is 5.52. The lowest BCUT2D eigenvalue weighted by atomic mass is 9.81. The zero-order chi connectivity index (χ0) is 26.1. The fourth-order valence-corrected chi connectivity index (χ4v) is 3.80. The van der Waals surface area contributed by atoms with Crippen LogP contribution in [0.4, 0.5) is 11.4 Å². The van der Waals surface area contributed by atoms with Crippen molar-refractivity contribution in [3.8, 4) is 0 Å². The van der Waals surface area contributed by atoms with Crippen molar-refractivity contribution in [3.63, 3.8) is 0 Å². The van der Waals surface area contributed by atoms with Crippen LogP contribution < -0.4 is 0 Å². The van der Waals surface area contributed by atoms with E-state index < -0.39 is 67.2 Å². The van der Waals surface area contributed by atoms with Gasteiger partial charge in [0.2, 0.25) is 0 Å². The molecule has 15 nitrogen and oxygen atoms in total. The molecule has 0 spiro atoms. The van der Waals surface area contributed by atoms with Crippen LogP contribution >= 0.6 is 11.6 Å². The Kier molecular flexibility index (Phi) is 7.06. The number of hydrogen-bond acceptors (Lipinski definition) is 12. The Bertz CT molecular complexity index is 1190. The van der Waals surface area contributed by atoms with E-state index in [0.29, 0.717) is 0 Å². The van der Waals surface area contributed by atoms with Gasteiger partial charge in [0.1, 0.15) is 6.10 Å². The number of hydrogen-bond donors (Lipinski definition) is 2. The molecule has 0 aliphatic carbocycles. The molecule has 2 aromatic carbocycles. The number of carbonyl (C=O) groups is 2. The van der Waals surface area contributed by atoms with Gasteiger partial charge in [-0.15, -0.1) is 10.1 Å². The highest BCUT2D eigenvalue weighted by atomic mass is 35.5. The van der Waals surface area contributed by atoms with Gasteiger partial charge in [0, 0.05) is 29.8 Å². The minimum absolute atomic E-state index is 0.181. The second-order valence-electron chi connectivity index (χ2n) is 7.23. The number of rotatable bonds is 9. The summed E-state index contributed by atoms with van der Waals surface area (Å²) in [7, 11) is 0. The highest BCUT2D eigenvalue weighted by molar-refractivity contribution is 6.21. The van der Waals surface area contributed by atoms with E-state index in [-0.39, 0.29) is 11.3 Å². The van der Waals surface area contributed by atoms with E-state index in [1.165, 1.54) is 0 Å². The predicted molar refractivity (Wildman–Crippen MR) is 112 cm³/mol. The van der Waals surface area contributed by atoms with Gasteiger partial charge in [-0.3, -0.25) is 29.8 Å². The van der Waals surface area contributed by atoms with Gasteiger partial charge in [0.15, 0.2) is 34.9 Å². The number of ether oxygens (including phenoxy) is 1. The molecule has 0 aromatic heterocycles. The third-order valence-electron chi connectivity index (χ3n) is 5.19. The lowest BCUT2D eigenvalue weighted by molar-refractivity contribution is -0.771. The number of aliphatic hydroxyl groups is 2. The Labute approximate surface area is 198 Å². The molecule has 0 radical (unpaired) electrons. The minimum Gasteiger partial charge on any atom is -0.380 e. The average Bonchev–Trinajstić information content (AvgIpc) is 3.08. The summed E-state index contributed by atoms with van der Waals surface area (Å²) in [5, 5.41) is 53.0. The van der Waals surface area contributed by atoms with Gasteiger partial charge in [0.25, 0.3) is 16.5 Å². The Hall–Kier alpha value is -4.05. The van der Waals surface area contributed by atoms with Crippen molar-refractivity contribution in [2.45, 2.75) is 29.5 Å². The number of ketones is 2. The molecule has 0 saturated carbocycles. The molecule has 2 N–H and O–H groups in total. The van der Waals surface area contributed by atoms with E-state index in [1.807, 2.05) is 0 Å². The van der Waals surface area contributed by atoms with Gasteiger partial charge >= 0.3 is 0 Å². The molecular formula is C19H14ClN3O12. The van der Waals surface area contributed by atoms with Crippen molar-refractivity contribution in [1.82, 2.24) is 0 Å². The van der Waals surface area contributed by atoms with E-state index in [2.05, 4.69) is 4.84 Å². The number of aliphatic hydroxyl groups excluding tert-OH is 1. The molecule has 1 heterocycles. The van der Waals surface area contributed by atoms with Gasteiger partial charge in [-0.1, -0.05) is 11.6 Å². The van der Waals surface area contributed by atoms with Crippen LogP contribution in [0.2, 0.25) is 0 Å². The third kappa shape index (κ3) is 4.78. The molecule has 2 aromatic rings. The van der Waals surface area contributed by atoms with Crippen molar-refractivity contribution in [3.05, 3.63) is 90.0 Å². The maximum Gasteiger partial charge on any atom is 0.295 e. The van der Waals surface area contributed by atoms with E-state index >= 15 is 0 Å². The van der Waals surface area contributed by atoms with E-state index in [4.69, 9.17) is 16.3 Å². The van der Waals surface area contributed by atoms with E-state index in [9.17, 15) is 50.1 Å². The standard InChI is InChI=1S/C19H14ClN3O12/c20-18-17(35-23(32)33)19(27,15(26)10-3-7-12(8-4-10)22(30)31)16(34-18)14(25)13(24)9-1-5-11(6-2-9)21(28)29/h1-8,13,16-18,24,27H/t13?,16-,17-,18-,19-/m1/s1. The highest BCUT2D eigenvalue weighted by Gasteiger charge is 2.65. The summed E-state index contributed by atoms with van der Waals surface area (Å²) in [6.07, 6.45) is -6.63. The number of carbonyl (C=O) groups excluding carboxylic acids is 2. The van der Waals surface area contributed by atoms with E-state index in [0.717, 1.165) is 48.5 Å². The number of non-ortho nitro benzene ring substituents is 2. The number of nitro groups is 2. The van der Waals surface area contributed by atoms with Crippen molar-refractivity contribution in [2.75, 3.05) is 0 Å². The fourth-order valence-electron chi connectivity index (χ4n) is 3.46. The monoisotopic (exact) mass is 511 g/mol. The van der Waals surface area contributed by atoms with Crippen molar-refractivity contribution in [1.29, 1.82) is 0 Å². The molecular weight excluding hydrogens is 498 g/mol. The highest BCUT2D eigenvalue weighted by Crippen LogP contribution is 2.40. The molecule has 3 rings (SSSR count). The molecule has 1 unspecified atom stereocenters. The van der Waals surface area contributed by atoms with Gasteiger partial charge in [0.05, 0.1) is 9.85 Å². The largest absolute Gasteiger partial charge is 0.380 e. The quantitative estimate of drug-likeness (QED) is 0.210. The first-order valence-corrected chi connectivity index (χ1v) is 9.90. The van der Waals surface area contributed by atoms with Crippen LogP contribution in [-0.4, -0.2) is 60.1 Å². The van der Waals surface area contributed by atoms with Crippen LogP contribution in [0.3, 0.4) is 0 Å². The zero-order valence-electron chi connectivity index (χ0n) is 17.1. The Morgan fingerprint density at radius 3 is 1.91 bits per heavy atom. The van der Waals surface area contributed by atoms with Gasteiger partial charge < -0.3 is 19.8 Å². The number of Topliss-reactive ketones (excluding diaryl/α,β-unsaturated/α-hetero) is 2. The summed E-state index contributed by atoms with van der Waals surface area (Å²) in [4.78, 5) is 61.7. The van der Waals surface area contributed by atoms with Gasteiger partial charge in [-0.2, -0.15) is 0 Å². The fraction of sp³-hybridized carbons (Fsp3) is 0.263. The molecule has 0 bridgehead atoms. The van der Waals surface area contributed by atoms with Crippen LogP contribution in [0, 0.1) is 30.3 Å². The normalized spacial score (nSPS) is 24.4. The molecule has 1 saturated heterocycles. The summed E-state index contributed by atoms with van der Waals surface area (Å²) >= 11 is 5.89. The van der Waals surface area contributed by atoms with Gasteiger partial charge in [-0.25, -0.2) is 0 Å². The SMILES string of the molecule is O=C(C(O)c1ccc([N+](=O)[O-])cc1)[C@H]1O[C@@H](Cl)[C@@H](O[N+](=O)[O-])[C@@]1(O)C(=O)c1ccc([N+](=O)[O-])cc1. The van der Waals surface area contributed by atoms with Crippen LogP contribution in [-0.2, 0) is 14.4 Å². The number of alkyl halides is 1. The Balaban J connectivity index is 2.01. The molecule has 184 valence electrons. The summed E-state index contributed by atoms with van der Waals surface area (Å²) in [5.74, 6) is -2.73. The molecule has 1 aliphatic rings. The first-order valence-electron chi connectivity index (χ1n) is 9.46. The lowest BCUT2D eigenvalue weighted by Crippen LogP contribution is -2.58.